The van der Waals surface area contributed by atoms with Crippen molar-refractivity contribution in [3.63, 3.8) is 0 Å². The topological polar surface area (TPSA) is 64.8 Å². The minimum Gasteiger partial charge on any atom is -0.493 e. The van der Waals surface area contributed by atoms with Crippen molar-refractivity contribution in [3.8, 4) is 11.5 Å². The molecule has 0 bridgehead atoms. The lowest BCUT2D eigenvalue weighted by Gasteiger charge is -2.17. The van der Waals surface area contributed by atoms with Gasteiger partial charge >= 0.3 is 0 Å². The van der Waals surface area contributed by atoms with E-state index < -0.39 is 0 Å². The first-order valence-corrected chi connectivity index (χ1v) is 9.52. The van der Waals surface area contributed by atoms with E-state index in [1.165, 1.54) is 11.8 Å². The Morgan fingerprint density at radius 3 is 2.67 bits per heavy atom. The Morgan fingerprint density at radius 2 is 1.93 bits per heavy atom. The van der Waals surface area contributed by atoms with Crippen LogP contribution in [-0.4, -0.2) is 49.4 Å². The number of amides is 1. The molecule has 0 fully saturated rings. The molecule has 1 aromatic heterocycles. The normalized spacial score (nSPS) is 10.8. The summed E-state index contributed by atoms with van der Waals surface area (Å²) in [5.41, 5.74) is 2.61. The second kappa shape index (κ2) is 8.81. The molecule has 0 saturated heterocycles. The molecule has 0 spiro atoms. The van der Waals surface area contributed by atoms with Gasteiger partial charge < -0.3 is 18.8 Å². The molecule has 0 aliphatic carbocycles. The fourth-order valence-corrected chi connectivity index (χ4v) is 3.38. The van der Waals surface area contributed by atoms with E-state index in [1.54, 1.807) is 26.2 Å². The Morgan fingerprint density at radius 1 is 1.15 bits per heavy atom. The van der Waals surface area contributed by atoms with Gasteiger partial charge in [-0.3, -0.25) is 4.79 Å². The number of thioether (sulfide) groups is 1. The van der Waals surface area contributed by atoms with Crippen LogP contribution in [-0.2, 0) is 11.2 Å². The van der Waals surface area contributed by atoms with E-state index in [0.717, 1.165) is 23.1 Å². The van der Waals surface area contributed by atoms with Crippen molar-refractivity contribution in [1.29, 1.82) is 0 Å². The van der Waals surface area contributed by atoms with Gasteiger partial charge in [0.2, 0.25) is 5.91 Å². The molecule has 6 nitrogen and oxygen atoms in total. The standard InChI is InChI=1S/C20H22N2O4S/c1-22(11-10-14-8-9-17(24-2)18(12-14)25-3)19(23)13-27-20-21-15-6-4-5-7-16(15)26-20/h4-9,12H,10-11,13H2,1-3H3. The van der Waals surface area contributed by atoms with E-state index in [2.05, 4.69) is 4.98 Å². The quantitative estimate of drug-likeness (QED) is 0.551. The third-order valence-electron chi connectivity index (χ3n) is 4.20. The summed E-state index contributed by atoms with van der Waals surface area (Å²) < 4.78 is 16.2. The van der Waals surface area contributed by atoms with Crippen molar-refractivity contribution in [2.24, 2.45) is 0 Å². The van der Waals surface area contributed by atoms with Gasteiger partial charge in [0.25, 0.3) is 5.22 Å². The number of rotatable bonds is 8. The SMILES string of the molecule is COc1ccc(CCN(C)C(=O)CSc2nc3ccccc3o2)cc1OC. The molecule has 142 valence electrons. The molecule has 0 atom stereocenters. The van der Waals surface area contributed by atoms with E-state index in [0.29, 0.717) is 23.3 Å². The molecule has 0 aliphatic heterocycles. The summed E-state index contributed by atoms with van der Waals surface area (Å²) >= 11 is 1.31. The van der Waals surface area contributed by atoms with Crippen molar-refractivity contribution >= 4 is 28.8 Å². The molecule has 1 heterocycles. The largest absolute Gasteiger partial charge is 0.493 e. The molecular weight excluding hydrogens is 364 g/mol. The van der Waals surface area contributed by atoms with Crippen molar-refractivity contribution in [2.45, 2.75) is 11.6 Å². The highest BCUT2D eigenvalue weighted by Crippen LogP contribution is 2.28. The van der Waals surface area contributed by atoms with Crippen molar-refractivity contribution < 1.29 is 18.7 Å². The van der Waals surface area contributed by atoms with E-state index in [4.69, 9.17) is 13.9 Å². The highest BCUT2D eigenvalue weighted by atomic mass is 32.2. The maximum atomic E-state index is 12.4. The number of likely N-dealkylation sites (N-methyl/N-ethyl adjacent to an activating group) is 1. The van der Waals surface area contributed by atoms with E-state index in [9.17, 15) is 4.79 Å². The van der Waals surface area contributed by atoms with E-state index in [1.807, 2.05) is 42.5 Å². The Hall–Kier alpha value is -2.67. The lowest BCUT2D eigenvalue weighted by molar-refractivity contribution is -0.127. The summed E-state index contributed by atoms with van der Waals surface area (Å²) in [6, 6.07) is 13.3. The van der Waals surface area contributed by atoms with E-state index >= 15 is 0 Å². The molecule has 0 unspecified atom stereocenters. The summed E-state index contributed by atoms with van der Waals surface area (Å²) in [4.78, 5) is 18.5. The minimum atomic E-state index is 0.0303. The molecule has 7 heteroatoms. The van der Waals surface area contributed by atoms with Crippen LogP contribution in [0.25, 0.3) is 11.1 Å². The van der Waals surface area contributed by atoms with Gasteiger partial charge in [-0.15, -0.1) is 0 Å². The van der Waals surface area contributed by atoms with Crippen LogP contribution in [0.3, 0.4) is 0 Å². The lowest BCUT2D eigenvalue weighted by atomic mass is 10.1. The zero-order valence-corrected chi connectivity index (χ0v) is 16.4. The number of methoxy groups -OCH3 is 2. The van der Waals surface area contributed by atoms with Crippen molar-refractivity contribution in [3.05, 3.63) is 48.0 Å². The number of benzene rings is 2. The number of fused-ring (bicyclic) bond motifs is 1. The third-order valence-corrected chi connectivity index (χ3v) is 5.02. The number of ether oxygens (including phenoxy) is 2. The average molecular weight is 386 g/mol. The molecule has 3 rings (SSSR count). The summed E-state index contributed by atoms with van der Waals surface area (Å²) in [6.07, 6.45) is 0.732. The highest BCUT2D eigenvalue weighted by molar-refractivity contribution is 7.99. The number of hydrogen-bond donors (Lipinski definition) is 0. The molecular formula is C20H22N2O4S. The number of hydrogen-bond acceptors (Lipinski definition) is 6. The number of para-hydroxylation sites is 2. The first-order chi connectivity index (χ1) is 13.1. The Labute approximate surface area is 162 Å². The average Bonchev–Trinajstić information content (AvgIpc) is 3.12. The number of carbonyl (C=O) groups is 1. The number of oxazole rings is 1. The fraction of sp³-hybridized carbons (Fsp3) is 0.300. The second-order valence-corrected chi connectivity index (χ2v) is 6.92. The maximum Gasteiger partial charge on any atom is 0.257 e. The summed E-state index contributed by atoms with van der Waals surface area (Å²) in [6.45, 7) is 0.614. The number of aromatic nitrogens is 1. The van der Waals surface area contributed by atoms with Crippen LogP contribution in [0.5, 0.6) is 11.5 Å². The van der Waals surface area contributed by atoms with Gasteiger partial charge in [0.1, 0.15) is 5.52 Å². The Kier molecular flexibility index (Phi) is 6.24. The molecule has 0 aliphatic rings. The summed E-state index contributed by atoms with van der Waals surface area (Å²) in [7, 11) is 5.02. The molecule has 0 saturated carbocycles. The van der Waals surface area contributed by atoms with Crippen LogP contribution in [0.15, 0.2) is 52.1 Å². The smallest absolute Gasteiger partial charge is 0.257 e. The van der Waals surface area contributed by atoms with Gasteiger partial charge in [-0.05, 0) is 36.2 Å². The first-order valence-electron chi connectivity index (χ1n) is 8.54. The van der Waals surface area contributed by atoms with Crippen LogP contribution in [0.1, 0.15) is 5.56 Å². The van der Waals surface area contributed by atoms with Gasteiger partial charge in [0.15, 0.2) is 17.1 Å². The van der Waals surface area contributed by atoms with Crippen molar-refractivity contribution in [1.82, 2.24) is 9.88 Å². The summed E-state index contributed by atoms with van der Waals surface area (Å²) in [5.74, 6) is 1.70. The molecule has 27 heavy (non-hydrogen) atoms. The maximum absolute atomic E-state index is 12.4. The third kappa shape index (κ3) is 4.74. The molecule has 3 aromatic rings. The molecule has 0 N–H and O–H groups in total. The Balaban J connectivity index is 1.51. The molecule has 1 amide bonds. The van der Waals surface area contributed by atoms with Crippen molar-refractivity contribution in [2.75, 3.05) is 33.6 Å². The predicted octanol–water partition coefficient (Wildman–Crippen LogP) is 3.64. The second-order valence-electron chi connectivity index (χ2n) is 5.99. The summed E-state index contributed by atoms with van der Waals surface area (Å²) in [5, 5.41) is 0.512. The van der Waals surface area contributed by atoms with Crippen LogP contribution in [0.2, 0.25) is 0 Å². The first kappa shape index (κ1) is 19.1. The highest BCUT2D eigenvalue weighted by Gasteiger charge is 2.13. The van der Waals surface area contributed by atoms with Crippen LogP contribution in [0.4, 0.5) is 0 Å². The zero-order valence-electron chi connectivity index (χ0n) is 15.6. The molecule has 2 aromatic carbocycles. The Bertz CT molecular complexity index is 892. The van der Waals surface area contributed by atoms with Gasteiger partial charge in [-0.2, -0.15) is 0 Å². The van der Waals surface area contributed by atoms with Gasteiger partial charge in [-0.1, -0.05) is 30.0 Å². The zero-order chi connectivity index (χ0) is 19.2. The van der Waals surface area contributed by atoms with Gasteiger partial charge in [0.05, 0.1) is 20.0 Å². The fourth-order valence-electron chi connectivity index (χ4n) is 2.60. The van der Waals surface area contributed by atoms with E-state index in [-0.39, 0.29) is 11.7 Å². The minimum absolute atomic E-state index is 0.0303. The van der Waals surface area contributed by atoms with Crippen LogP contribution < -0.4 is 9.47 Å². The van der Waals surface area contributed by atoms with Gasteiger partial charge in [0, 0.05) is 13.6 Å². The molecule has 0 radical (unpaired) electrons. The lowest BCUT2D eigenvalue weighted by Crippen LogP contribution is -2.30. The van der Waals surface area contributed by atoms with Crippen LogP contribution in [0, 0.1) is 0 Å². The predicted molar refractivity (Wildman–Crippen MR) is 106 cm³/mol. The van der Waals surface area contributed by atoms with Crippen LogP contribution >= 0.6 is 11.8 Å². The number of carbonyl (C=O) groups excluding carboxylic acids is 1. The monoisotopic (exact) mass is 386 g/mol. The van der Waals surface area contributed by atoms with Gasteiger partial charge in [-0.25, -0.2) is 4.98 Å². The number of nitrogens with zero attached hydrogens (tertiary/aromatic N) is 2.